The number of rotatable bonds is 20. The molecule has 412 valence electrons. The van der Waals surface area contributed by atoms with Crippen LogP contribution < -0.4 is 19.7 Å². The summed E-state index contributed by atoms with van der Waals surface area (Å²) >= 11 is 5.50. The minimum atomic E-state index is -4.58. The van der Waals surface area contributed by atoms with E-state index >= 15 is 0 Å². The second kappa shape index (κ2) is 33.3. The molecule has 0 aliphatic carbocycles. The van der Waals surface area contributed by atoms with E-state index in [0.29, 0.717) is 90.2 Å². The summed E-state index contributed by atoms with van der Waals surface area (Å²) in [6.07, 6.45) is -2.26. The maximum atomic E-state index is 13.1. The van der Waals surface area contributed by atoms with Crippen molar-refractivity contribution in [3.05, 3.63) is 99.7 Å². The van der Waals surface area contributed by atoms with Crippen LogP contribution in [0.3, 0.4) is 0 Å². The van der Waals surface area contributed by atoms with Gasteiger partial charge in [0.2, 0.25) is 0 Å². The molecule has 6 rings (SSSR count). The zero-order chi connectivity index (χ0) is 56.1. The molecule has 0 saturated carbocycles. The van der Waals surface area contributed by atoms with Crippen LogP contribution in [0.2, 0.25) is 5.15 Å². The Labute approximate surface area is 438 Å². The summed E-state index contributed by atoms with van der Waals surface area (Å²) in [4.78, 5) is 34.6. The highest BCUT2D eigenvalue weighted by atomic mass is 35.5. The van der Waals surface area contributed by atoms with Gasteiger partial charge in [0.25, 0.3) is 0 Å². The number of benzene rings is 2. The van der Waals surface area contributed by atoms with Gasteiger partial charge in [-0.15, -0.1) is 0 Å². The fourth-order valence-corrected chi connectivity index (χ4v) is 7.01. The highest BCUT2D eigenvalue weighted by Crippen LogP contribution is 2.39. The molecule has 0 amide bonds. The molecule has 4 aromatic heterocycles. The summed E-state index contributed by atoms with van der Waals surface area (Å²) < 4.78 is 109. The molecule has 0 atom stereocenters. The Hall–Kier alpha value is -6.70. The van der Waals surface area contributed by atoms with Crippen LogP contribution in [0.4, 0.5) is 32.2 Å². The smallest absolute Gasteiger partial charge is 0.437 e. The zero-order valence-electron chi connectivity index (χ0n) is 44.0. The van der Waals surface area contributed by atoms with Gasteiger partial charge in [-0.25, -0.2) is 19.6 Å². The van der Waals surface area contributed by atoms with Crippen molar-refractivity contribution < 1.29 is 63.9 Å². The number of carbonyl (C=O) groups excluding carboxylic acids is 2. The second-order valence-electron chi connectivity index (χ2n) is 15.9. The first kappa shape index (κ1) is 64.4. The Morgan fingerprint density at radius 1 is 0.707 bits per heavy atom. The van der Waals surface area contributed by atoms with Crippen molar-refractivity contribution in [1.29, 1.82) is 5.26 Å². The van der Waals surface area contributed by atoms with E-state index in [-0.39, 0.29) is 21.9 Å². The quantitative estimate of drug-likeness (QED) is 0.0328. The number of ether oxygens (including phenoxy) is 4. The van der Waals surface area contributed by atoms with Crippen LogP contribution in [0.15, 0.2) is 70.0 Å². The van der Waals surface area contributed by atoms with E-state index in [0.717, 1.165) is 19.4 Å². The molecule has 0 fully saturated rings. The number of nitrogens with one attached hydrogen (secondary N) is 1. The van der Waals surface area contributed by atoms with Crippen molar-refractivity contribution in [1.82, 2.24) is 30.5 Å². The molecular weight excluding hydrogens is 1010 g/mol. The van der Waals surface area contributed by atoms with Gasteiger partial charge in [0.1, 0.15) is 22.5 Å². The molecule has 0 spiro atoms. The number of anilines is 1. The number of aromatic nitrogens is 4. The number of aryl methyl sites for hydroxylation is 2. The molecule has 2 aromatic carbocycles. The molecule has 1 N–H and O–H groups in total. The molecule has 0 radical (unpaired) electrons. The molecule has 0 aliphatic rings. The molecule has 0 unspecified atom stereocenters. The summed E-state index contributed by atoms with van der Waals surface area (Å²) in [5.74, 6) is 0.887. The molecule has 0 saturated heterocycles. The summed E-state index contributed by atoms with van der Waals surface area (Å²) in [7, 11) is 6.34. The number of hydrogen-bond donors (Lipinski definition) is 1. The number of nitriles is 1. The predicted octanol–water partition coefficient (Wildman–Crippen LogP) is 12.1. The number of methoxy groups -OCH3 is 2. The van der Waals surface area contributed by atoms with Gasteiger partial charge < -0.3 is 43.1 Å². The number of hydrogen-bond acceptors (Lipinski definition) is 16. The Bertz CT molecular complexity index is 2650. The lowest BCUT2D eigenvalue weighted by Crippen LogP contribution is -2.21. The van der Waals surface area contributed by atoms with Gasteiger partial charge in [-0.1, -0.05) is 69.4 Å². The van der Waals surface area contributed by atoms with Crippen LogP contribution in [0, 0.1) is 11.3 Å². The van der Waals surface area contributed by atoms with Gasteiger partial charge >= 0.3 is 24.3 Å². The van der Waals surface area contributed by atoms with E-state index in [1.54, 1.807) is 30.3 Å². The normalized spacial score (nSPS) is 10.9. The topological polar surface area (TPSA) is 191 Å². The number of carbonyl (C=O) groups is 2. The lowest BCUT2D eigenvalue weighted by molar-refractivity contribution is -0.142. The lowest BCUT2D eigenvalue weighted by atomic mass is 10.0. The molecule has 0 bridgehead atoms. The highest BCUT2D eigenvalue weighted by Gasteiger charge is 2.39. The first-order valence-corrected chi connectivity index (χ1v) is 24.5. The van der Waals surface area contributed by atoms with Gasteiger partial charge in [-0.05, 0) is 107 Å². The molecule has 16 nitrogen and oxygen atoms in total. The van der Waals surface area contributed by atoms with E-state index in [1.165, 1.54) is 77.4 Å². The molecule has 4 heterocycles. The minimum Gasteiger partial charge on any atom is -0.493 e. The summed E-state index contributed by atoms with van der Waals surface area (Å²) in [6, 6.07) is 14.0. The van der Waals surface area contributed by atoms with Crippen molar-refractivity contribution in [3.8, 4) is 17.6 Å². The molecular formula is C52H67ClF6N8O8. The summed E-state index contributed by atoms with van der Waals surface area (Å²) in [6.45, 7) is 17.7. The molecule has 75 heavy (non-hydrogen) atoms. The van der Waals surface area contributed by atoms with Gasteiger partial charge in [0.05, 0.1) is 55.4 Å². The van der Waals surface area contributed by atoms with E-state index < -0.39 is 35.7 Å². The Balaban J connectivity index is 0.000000383. The Morgan fingerprint density at radius 2 is 1.15 bits per heavy atom. The Kier molecular flexibility index (Phi) is 28.6. The number of esters is 2. The van der Waals surface area contributed by atoms with E-state index in [9.17, 15) is 35.9 Å². The number of fused-ring (bicyclic) bond motifs is 2. The fraction of sp³-hybridized carbons (Fsp3) is 0.481. The van der Waals surface area contributed by atoms with Gasteiger partial charge in [0.15, 0.2) is 22.6 Å². The zero-order valence-corrected chi connectivity index (χ0v) is 44.8. The van der Waals surface area contributed by atoms with Gasteiger partial charge in [-0.3, -0.25) is 0 Å². The monoisotopic (exact) mass is 1080 g/mol. The predicted molar refractivity (Wildman–Crippen MR) is 274 cm³/mol. The minimum absolute atomic E-state index is 0.0153. The van der Waals surface area contributed by atoms with Crippen LogP contribution in [0.1, 0.15) is 110 Å². The Morgan fingerprint density at radius 3 is 1.49 bits per heavy atom. The van der Waals surface area contributed by atoms with E-state index in [2.05, 4.69) is 60.7 Å². The van der Waals surface area contributed by atoms with Crippen molar-refractivity contribution in [2.45, 2.75) is 92.4 Å². The van der Waals surface area contributed by atoms with E-state index in [1.807, 2.05) is 32.8 Å². The third-order valence-corrected chi connectivity index (χ3v) is 10.9. The number of pyridine rings is 2. The van der Waals surface area contributed by atoms with Gasteiger partial charge in [-0.2, -0.15) is 31.6 Å². The average Bonchev–Trinajstić information content (AvgIpc) is 4.05. The van der Waals surface area contributed by atoms with Crippen LogP contribution in [-0.4, -0.2) is 111 Å². The van der Waals surface area contributed by atoms with Crippen molar-refractivity contribution in [2.75, 3.05) is 79.2 Å². The maximum Gasteiger partial charge on any atom is 0.437 e. The van der Waals surface area contributed by atoms with Crippen molar-refractivity contribution in [2.24, 2.45) is 0 Å². The highest BCUT2D eigenvalue weighted by molar-refractivity contribution is 6.29. The first-order valence-electron chi connectivity index (χ1n) is 24.1. The number of halogens is 7. The molecule has 0 aliphatic heterocycles. The third kappa shape index (κ3) is 20.5. The SMILES string of the molecule is CC#N.CCCc1c(OCCCN(C)c2ccc(C(=O)OC)cn2)ccc2c(C(F)(F)F)noc12.CCCc1c(OCCCNC)ccc2c(C(F)(F)F)noc12.CCN(CC)CC.COC(=O)c1ccc(Cl)nc1. The van der Waals surface area contributed by atoms with Gasteiger partial charge in [0, 0.05) is 44.0 Å². The van der Waals surface area contributed by atoms with E-state index in [4.69, 9.17) is 35.4 Å². The van der Waals surface area contributed by atoms with Crippen LogP contribution in [0.25, 0.3) is 21.9 Å². The number of nitrogens with zero attached hydrogens (tertiary/aromatic N) is 7. The largest absolute Gasteiger partial charge is 0.493 e. The standard InChI is InChI=1S/C22H24F3N3O4.C15H19F3N2O2.C7H6ClNO2.C6H15N.C2H3N/c1-4-6-15-17(9-8-16-19(15)32-27-20(16)22(23,24)25)31-12-5-11-28(2)18-10-7-14(13-26-18)21(29)30-3;1-3-5-10-12(21-9-4-8-19-2)7-6-11-13(10)22-20-14(11)15(16,17)18;1-11-7(10)5-2-3-6(8)9-4-5;1-4-7(5-2)6-3;1-2-3/h7-10,13H,4-6,11-12H2,1-3H3;6-7,19H,3-5,8-9H2,1-2H3;2-4H,1H3;4-6H2,1-3H3;1H3. The fourth-order valence-electron chi connectivity index (χ4n) is 6.90. The lowest BCUT2D eigenvalue weighted by Gasteiger charge is -2.18. The average molecular weight is 1080 g/mol. The van der Waals surface area contributed by atoms with Crippen LogP contribution in [0.5, 0.6) is 11.5 Å². The van der Waals surface area contributed by atoms with Crippen LogP contribution >= 0.6 is 11.6 Å². The molecule has 23 heteroatoms. The summed E-state index contributed by atoms with van der Waals surface area (Å²) in [5.41, 5.74) is 0.271. The second-order valence-corrected chi connectivity index (χ2v) is 16.3. The summed E-state index contributed by atoms with van der Waals surface area (Å²) in [5, 5.41) is 17.0. The number of alkyl halides is 6. The van der Waals surface area contributed by atoms with Crippen molar-refractivity contribution in [3.63, 3.8) is 0 Å². The third-order valence-electron chi connectivity index (χ3n) is 10.7. The first-order chi connectivity index (χ1) is 35.7. The maximum absolute atomic E-state index is 13.1. The van der Waals surface area contributed by atoms with Crippen molar-refractivity contribution >= 4 is 51.3 Å². The molecule has 6 aromatic rings. The van der Waals surface area contributed by atoms with Crippen LogP contribution in [-0.2, 0) is 34.7 Å².